The van der Waals surface area contributed by atoms with Crippen molar-refractivity contribution in [2.45, 2.75) is 47.0 Å². The first-order valence-electron chi connectivity index (χ1n) is 5.64. The Balaban J connectivity index is 0. The zero-order valence-corrected chi connectivity index (χ0v) is 10.7. The van der Waals surface area contributed by atoms with Gasteiger partial charge in [0.05, 0.1) is 0 Å². The van der Waals surface area contributed by atoms with Gasteiger partial charge in [0.1, 0.15) is 5.78 Å². The van der Waals surface area contributed by atoms with Gasteiger partial charge >= 0.3 is 0 Å². The molecule has 1 unspecified atom stereocenters. The number of hydrogen-bond donors (Lipinski definition) is 2. The van der Waals surface area contributed by atoms with Gasteiger partial charge in [-0.2, -0.15) is 0 Å². The molecule has 1 atom stereocenters. The number of Topliss-reactive ketones (excluding diaryl/α,β-unsaturated/α-hetero) is 1. The molecule has 0 spiro atoms. The second kappa shape index (κ2) is 10.6. The van der Waals surface area contributed by atoms with Gasteiger partial charge in [-0.3, -0.25) is 9.59 Å². The molecular formula is C12H24O4. The van der Waals surface area contributed by atoms with Crippen molar-refractivity contribution in [3.05, 3.63) is 0 Å². The summed E-state index contributed by atoms with van der Waals surface area (Å²) in [4.78, 5) is 20.2. The summed E-state index contributed by atoms with van der Waals surface area (Å²) >= 11 is 0. The van der Waals surface area contributed by atoms with Gasteiger partial charge in [0, 0.05) is 25.9 Å². The third kappa shape index (κ3) is 15.6. The summed E-state index contributed by atoms with van der Waals surface area (Å²) in [7, 11) is 0. The van der Waals surface area contributed by atoms with E-state index in [-0.39, 0.29) is 12.5 Å². The number of hydrogen-bond acceptors (Lipinski definition) is 3. The van der Waals surface area contributed by atoms with Crippen LogP contribution in [-0.4, -0.2) is 28.6 Å². The second-order valence-electron chi connectivity index (χ2n) is 4.30. The van der Waals surface area contributed by atoms with Crippen molar-refractivity contribution in [1.82, 2.24) is 0 Å². The second-order valence-corrected chi connectivity index (χ2v) is 4.30. The molecule has 0 aliphatic heterocycles. The number of aliphatic carboxylic acids is 1. The van der Waals surface area contributed by atoms with Gasteiger partial charge in [0.25, 0.3) is 5.97 Å². The number of carbonyl (C=O) groups is 2. The maximum atomic E-state index is 11.2. The Morgan fingerprint density at radius 1 is 1.12 bits per heavy atom. The summed E-state index contributed by atoms with van der Waals surface area (Å²) in [6.07, 6.45) is 2.39. The fourth-order valence-corrected chi connectivity index (χ4v) is 1.04. The van der Waals surface area contributed by atoms with Crippen LogP contribution in [0.15, 0.2) is 0 Å². The van der Waals surface area contributed by atoms with E-state index in [4.69, 9.17) is 15.0 Å². The standard InChI is InChI=1S/C10H20O2.C2H4O2/c1-8(2)10(12)5-4-9(3)6-7-11;1-2(3)4/h8-9,11H,4-7H2,1-3H3;1H3,(H,3,4). The highest BCUT2D eigenvalue weighted by Crippen LogP contribution is 2.12. The number of carboxylic acids is 1. The van der Waals surface area contributed by atoms with Crippen LogP contribution in [0.2, 0.25) is 0 Å². The normalized spacial score (nSPS) is 11.6. The predicted molar refractivity (Wildman–Crippen MR) is 63.3 cm³/mol. The molecule has 0 rings (SSSR count). The van der Waals surface area contributed by atoms with Gasteiger partial charge in [-0.25, -0.2) is 0 Å². The molecular weight excluding hydrogens is 208 g/mol. The molecule has 0 radical (unpaired) electrons. The highest BCUT2D eigenvalue weighted by Gasteiger charge is 2.09. The zero-order valence-electron chi connectivity index (χ0n) is 10.7. The molecule has 0 amide bonds. The Kier molecular flexibility index (Phi) is 11.6. The van der Waals surface area contributed by atoms with Crippen LogP contribution < -0.4 is 0 Å². The van der Waals surface area contributed by atoms with Crippen molar-refractivity contribution in [2.24, 2.45) is 11.8 Å². The van der Waals surface area contributed by atoms with E-state index in [0.717, 1.165) is 19.8 Å². The van der Waals surface area contributed by atoms with Gasteiger partial charge in [-0.1, -0.05) is 20.8 Å². The molecule has 0 aromatic heterocycles. The fraction of sp³-hybridized carbons (Fsp3) is 0.833. The topological polar surface area (TPSA) is 74.6 Å². The molecule has 96 valence electrons. The third-order valence-electron chi connectivity index (χ3n) is 2.15. The molecule has 4 heteroatoms. The van der Waals surface area contributed by atoms with Crippen molar-refractivity contribution in [2.75, 3.05) is 6.61 Å². The monoisotopic (exact) mass is 232 g/mol. The summed E-state index contributed by atoms with van der Waals surface area (Å²) in [6, 6.07) is 0. The molecule has 0 saturated heterocycles. The van der Waals surface area contributed by atoms with Crippen molar-refractivity contribution in [1.29, 1.82) is 0 Å². The van der Waals surface area contributed by atoms with Crippen molar-refractivity contribution in [3.63, 3.8) is 0 Å². The lowest BCUT2D eigenvalue weighted by Gasteiger charge is -2.09. The Hall–Kier alpha value is -0.900. The average molecular weight is 232 g/mol. The molecule has 2 N–H and O–H groups in total. The molecule has 16 heavy (non-hydrogen) atoms. The van der Waals surface area contributed by atoms with Gasteiger partial charge in [0.15, 0.2) is 0 Å². The van der Waals surface area contributed by atoms with Crippen LogP contribution in [0.4, 0.5) is 0 Å². The smallest absolute Gasteiger partial charge is 0.300 e. The quantitative estimate of drug-likeness (QED) is 0.735. The lowest BCUT2D eigenvalue weighted by Crippen LogP contribution is -2.09. The maximum absolute atomic E-state index is 11.2. The summed E-state index contributed by atoms with van der Waals surface area (Å²) in [6.45, 7) is 7.25. The predicted octanol–water partition coefficient (Wildman–Crippen LogP) is 2.10. The number of aliphatic hydroxyl groups excluding tert-OH is 1. The van der Waals surface area contributed by atoms with E-state index in [1.54, 1.807) is 0 Å². The van der Waals surface area contributed by atoms with E-state index in [1.165, 1.54) is 0 Å². The van der Waals surface area contributed by atoms with E-state index >= 15 is 0 Å². The average Bonchev–Trinajstić information content (AvgIpc) is 2.13. The lowest BCUT2D eigenvalue weighted by atomic mass is 9.97. The summed E-state index contributed by atoms with van der Waals surface area (Å²) in [5.74, 6) is 0.129. The summed E-state index contributed by atoms with van der Waals surface area (Å²) in [5.41, 5.74) is 0. The van der Waals surface area contributed by atoms with Crippen LogP contribution in [0.1, 0.15) is 47.0 Å². The van der Waals surface area contributed by atoms with Crippen LogP contribution in [0, 0.1) is 11.8 Å². The molecule has 0 bridgehead atoms. The minimum atomic E-state index is -0.833. The van der Waals surface area contributed by atoms with Gasteiger partial charge in [-0.05, 0) is 18.8 Å². The first-order valence-corrected chi connectivity index (χ1v) is 5.64. The first kappa shape index (κ1) is 17.5. The molecule has 0 aromatic rings. The van der Waals surface area contributed by atoms with Gasteiger partial charge in [0.2, 0.25) is 0 Å². The van der Waals surface area contributed by atoms with Gasteiger partial charge < -0.3 is 10.2 Å². The van der Waals surface area contributed by atoms with Crippen LogP contribution in [0.25, 0.3) is 0 Å². The Morgan fingerprint density at radius 2 is 1.56 bits per heavy atom. The molecule has 0 aliphatic rings. The Bertz CT molecular complexity index is 195. The largest absolute Gasteiger partial charge is 0.481 e. The zero-order chi connectivity index (χ0) is 13.1. The van der Waals surface area contributed by atoms with Crippen LogP contribution in [0.3, 0.4) is 0 Å². The van der Waals surface area contributed by atoms with E-state index in [0.29, 0.717) is 18.1 Å². The van der Waals surface area contributed by atoms with Crippen LogP contribution >= 0.6 is 0 Å². The highest BCUT2D eigenvalue weighted by atomic mass is 16.4. The minimum absolute atomic E-state index is 0.159. The number of aliphatic hydroxyl groups is 1. The van der Waals surface area contributed by atoms with Crippen molar-refractivity contribution < 1.29 is 19.8 Å². The number of rotatable bonds is 6. The third-order valence-corrected chi connectivity index (χ3v) is 2.15. The van der Waals surface area contributed by atoms with Crippen molar-refractivity contribution >= 4 is 11.8 Å². The molecule has 0 fully saturated rings. The van der Waals surface area contributed by atoms with E-state index < -0.39 is 5.97 Å². The molecule has 0 aromatic carbocycles. The summed E-state index contributed by atoms with van der Waals surface area (Å²) in [5, 5.41) is 16.0. The Labute approximate surface area is 97.7 Å². The van der Waals surface area contributed by atoms with E-state index in [2.05, 4.69) is 6.92 Å². The maximum Gasteiger partial charge on any atom is 0.300 e. The minimum Gasteiger partial charge on any atom is -0.481 e. The molecule has 0 saturated carbocycles. The lowest BCUT2D eigenvalue weighted by molar-refractivity contribution is -0.134. The first-order chi connectivity index (χ1) is 7.31. The number of carboxylic acid groups (broad SMARTS) is 1. The highest BCUT2D eigenvalue weighted by molar-refractivity contribution is 5.80. The van der Waals surface area contributed by atoms with E-state index in [1.807, 2.05) is 13.8 Å². The SMILES string of the molecule is CC(=O)O.CC(CCO)CCC(=O)C(C)C. The van der Waals surface area contributed by atoms with Crippen LogP contribution in [0.5, 0.6) is 0 Å². The number of carbonyl (C=O) groups excluding carboxylic acids is 1. The Morgan fingerprint density at radius 3 is 1.88 bits per heavy atom. The molecule has 0 aliphatic carbocycles. The van der Waals surface area contributed by atoms with E-state index in [9.17, 15) is 4.79 Å². The van der Waals surface area contributed by atoms with Crippen LogP contribution in [-0.2, 0) is 9.59 Å². The molecule has 4 nitrogen and oxygen atoms in total. The number of ketones is 1. The molecule has 0 heterocycles. The van der Waals surface area contributed by atoms with Crippen molar-refractivity contribution in [3.8, 4) is 0 Å². The van der Waals surface area contributed by atoms with Gasteiger partial charge in [-0.15, -0.1) is 0 Å². The fourth-order valence-electron chi connectivity index (χ4n) is 1.04. The summed E-state index contributed by atoms with van der Waals surface area (Å²) < 4.78 is 0.